The number of benzene rings is 2. The quantitative estimate of drug-likeness (QED) is 0.771. The van der Waals surface area contributed by atoms with Gasteiger partial charge in [0.05, 0.1) is 18.8 Å². The first-order valence-electron chi connectivity index (χ1n) is 7.89. The molecule has 6 nitrogen and oxygen atoms in total. The van der Waals surface area contributed by atoms with E-state index in [4.69, 9.17) is 4.74 Å². The molecule has 0 spiro atoms. The zero-order chi connectivity index (χ0) is 17.6. The van der Waals surface area contributed by atoms with E-state index < -0.39 is 0 Å². The summed E-state index contributed by atoms with van der Waals surface area (Å²) in [4.78, 5) is 14.3. The number of phenolic OH excluding ortho intramolecular Hbond substituents is 1. The number of nitrogens with one attached hydrogen (secondary N) is 1. The van der Waals surface area contributed by atoms with Crippen molar-refractivity contribution in [2.24, 2.45) is 0 Å². The molecule has 1 atom stereocenters. The summed E-state index contributed by atoms with van der Waals surface area (Å²) in [7, 11) is 3.36. The van der Waals surface area contributed by atoms with E-state index in [1.165, 1.54) is 0 Å². The van der Waals surface area contributed by atoms with Crippen molar-refractivity contribution in [3.05, 3.63) is 65.4 Å². The van der Waals surface area contributed by atoms with Gasteiger partial charge in [-0.15, -0.1) is 0 Å². The standard InChI is InChI=1S/C19H17N3O3/c1-22-18(12-6-3-7-13(23)9-12)15-16(20-21-17(15)19(22)24)11-5-4-8-14(10-11)25-2/h3-10,18,23H,1-2H3,(H,20,21)/t18-/m0/s1. The molecule has 1 aromatic heterocycles. The van der Waals surface area contributed by atoms with E-state index in [1.807, 2.05) is 30.3 Å². The van der Waals surface area contributed by atoms with Crippen molar-refractivity contribution in [2.75, 3.05) is 14.2 Å². The minimum absolute atomic E-state index is 0.120. The van der Waals surface area contributed by atoms with Gasteiger partial charge in [0.15, 0.2) is 0 Å². The number of amides is 1. The molecule has 4 rings (SSSR count). The number of ether oxygens (including phenoxy) is 1. The number of nitrogens with zero attached hydrogens (tertiary/aromatic N) is 2. The maximum absolute atomic E-state index is 12.6. The van der Waals surface area contributed by atoms with E-state index in [0.717, 1.165) is 22.4 Å². The lowest BCUT2D eigenvalue weighted by atomic mass is 9.96. The SMILES string of the molecule is COc1cccc(-c2n[nH]c3c2[C@H](c2cccc(O)c2)N(C)C3=O)c1. The van der Waals surface area contributed by atoms with E-state index in [1.54, 1.807) is 37.3 Å². The Kier molecular flexibility index (Phi) is 3.46. The van der Waals surface area contributed by atoms with Crippen LogP contribution < -0.4 is 4.74 Å². The molecule has 0 saturated heterocycles. The second-order valence-corrected chi connectivity index (χ2v) is 6.01. The number of aromatic nitrogens is 2. The number of carbonyl (C=O) groups is 1. The Hall–Kier alpha value is -3.28. The summed E-state index contributed by atoms with van der Waals surface area (Å²) >= 11 is 0. The molecule has 2 aromatic carbocycles. The molecule has 126 valence electrons. The molecule has 3 aromatic rings. The number of carbonyl (C=O) groups excluding carboxylic acids is 1. The second kappa shape index (κ2) is 5.66. The van der Waals surface area contributed by atoms with Crippen LogP contribution in [0.15, 0.2) is 48.5 Å². The molecule has 1 aliphatic heterocycles. The van der Waals surface area contributed by atoms with E-state index in [-0.39, 0.29) is 17.7 Å². The van der Waals surface area contributed by atoms with E-state index >= 15 is 0 Å². The number of H-pyrrole nitrogens is 1. The maximum atomic E-state index is 12.6. The first kappa shape index (κ1) is 15.3. The normalized spacial score (nSPS) is 16.2. The first-order valence-corrected chi connectivity index (χ1v) is 7.89. The molecule has 0 saturated carbocycles. The van der Waals surface area contributed by atoms with Gasteiger partial charge in [0.25, 0.3) is 5.91 Å². The molecule has 0 aliphatic carbocycles. The Morgan fingerprint density at radius 2 is 2.00 bits per heavy atom. The van der Waals surface area contributed by atoms with Gasteiger partial charge in [-0.05, 0) is 29.8 Å². The fourth-order valence-corrected chi connectivity index (χ4v) is 3.34. The van der Waals surface area contributed by atoms with Crippen molar-refractivity contribution in [1.82, 2.24) is 15.1 Å². The maximum Gasteiger partial charge on any atom is 0.272 e. The van der Waals surface area contributed by atoms with Crippen molar-refractivity contribution in [1.29, 1.82) is 0 Å². The fourth-order valence-electron chi connectivity index (χ4n) is 3.34. The lowest BCUT2D eigenvalue weighted by Gasteiger charge is -2.22. The Labute approximate surface area is 144 Å². The Morgan fingerprint density at radius 1 is 1.20 bits per heavy atom. The van der Waals surface area contributed by atoms with Gasteiger partial charge in [0.1, 0.15) is 17.2 Å². The minimum atomic E-state index is -0.311. The van der Waals surface area contributed by atoms with Gasteiger partial charge in [-0.1, -0.05) is 24.3 Å². The number of rotatable bonds is 3. The molecule has 0 unspecified atom stereocenters. The van der Waals surface area contributed by atoms with Crippen LogP contribution in [0.2, 0.25) is 0 Å². The van der Waals surface area contributed by atoms with Crippen LogP contribution in [0.4, 0.5) is 0 Å². The summed E-state index contributed by atoms with van der Waals surface area (Å²) in [5, 5.41) is 17.1. The number of fused-ring (bicyclic) bond motifs is 1. The number of methoxy groups -OCH3 is 1. The fraction of sp³-hybridized carbons (Fsp3) is 0.158. The van der Waals surface area contributed by atoms with Crippen molar-refractivity contribution >= 4 is 5.91 Å². The van der Waals surface area contributed by atoms with Crippen molar-refractivity contribution in [2.45, 2.75) is 6.04 Å². The number of aromatic hydroxyl groups is 1. The molecule has 6 heteroatoms. The highest BCUT2D eigenvalue weighted by Crippen LogP contribution is 2.42. The van der Waals surface area contributed by atoms with Crippen LogP contribution in [-0.2, 0) is 0 Å². The molecule has 2 heterocycles. The van der Waals surface area contributed by atoms with Crippen LogP contribution in [0.3, 0.4) is 0 Å². The monoisotopic (exact) mass is 335 g/mol. The van der Waals surface area contributed by atoms with Crippen LogP contribution >= 0.6 is 0 Å². The average Bonchev–Trinajstić information content (AvgIpc) is 3.15. The number of hydrogen-bond donors (Lipinski definition) is 2. The second-order valence-electron chi connectivity index (χ2n) is 6.01. The summed E-state index contributed by atoms with van der Waals surface area (Å²) in [6.07, 6.45) is 0. The van der Waals surface area contributed by atoms with Crippen molar-refractivity contribution in [3.63, 3.8) is 0 Å². The zero-order valence-electron chi connectivity index (χ0n) is 13.9. The third-order valence-electron chi connectivity index (χ3n) is 4.53. The predicted octanol–water partition coefficient (Wildman–Crippen LogP) is 2.97. The molecule has 0 fully saturated rings. The van der Waals surface area contributed by atoms with Crippen LogP contribution in [0.25, 0.3) is 11.3 Å². The third kappa shape index (κ3) is 2.34. The molecule has 0 radical (unpaired) electrons. The topological polar surface area (TPSA) is 78.5 Å². The van der Waals surface area contributed by atoms with Crippen LogP contribution in [-0.4, -0.2) is 40.3 Å². The Morgan fingerprint density at radius 3 is 2.76 bits per heavy atom. The van der Waals surface area contributed by atoms with Gasteiger partial charge in [0.2, 0.25) is 0 Å². The van der Waals surface area contributed by atoms with Gasteiger partial charge in [0, 0.05) is 18.2 Å². The number of phenols is 1. The summed E-state index contributed by atoms with van der Waals surface area (Å²) in [6, 6.07) is 14.2. The molecule has 25 heavy (non-hydrogen) atoms. The summed E-state index contributed by atoms with van der Waals surface area (Å²) < 4.78 is 5.29. The number of aromatic amines is 1. The van der Waals surface area contributed by atoms with E-state index in [2.05, 4.69) is 10.2 Å². The van der Waals surface area contributed by atoms with Crippen LogP contribution in [0.5, 0.6) is 11.5 Å². The van der Waals surface area contributed by atoms with Gasteiger partial charge < -0.3 is 14.7 Å². The van der Waals surface area contributed by atoms with Crippen LogP contribution in [0, 0.1) is 0 Å². The highest BCUT2D eigenvalue weighted by Gasteiger charge is 2.40. The third-order valence-corrected chi connectivity index (χ3v) is 4.53. The first-order chi connectivity index (χ1) is 12.1. The van der Waals surface area contributed by atoms with Gasteiger partial charge >= 0.3 is 0 Å². The lowest BCUT2D eigenvalue weighted by Crippen LogP contribution is -2.24. The molecule has 0 bridgehead atoms. The smallest absolute Gasteiger partial charge is 0.272 e. The minimum Gasteiger partial charge on any atom is -0.508 e. The Balaban J connectivity index is 1.90. The van der Waals surface area contributed by atoms with E-state index in [9.17, 15) is 9.90 Å². The highest BCUT2D eigenvalue weighted by atomic mass is 16.5. The van der Waals surface area contributed by atoms with Gasteiger partial charge in [-0.3, -0.25) is 9.89 Å². The molecule has 1 amide bonds. The molecular weight excluding hydrogens is 318 g/mol. The highest BCUT2D eigenvalue weighted by molar-refractivity contribution is 6.00. The molecular formula is C19H17N3O3. The van der Waals surface area contributed by atoms with Gasteiger partial charge in [-0.25, -0.2) is 0 Å². The summed E-state index contributed by atoms with van der Waals surface area (Å²) in [6.45, 7) is 0. The predicted molar refractivity (Wildman–Crippen MR) is 92.6 cm³/mol. The molecule has 2 N–H and O–H groups in total. The zero-order valence-corrected chi connectivity index (χ0v) is 13.9. The van der Waals surface area contributed by atoms with Gasteiger partial charge in [-0.2, -0.15) is 5.10 Å². The Bertz CT molecular complexity index is 964. The van der Waals surface area contributed by atoms with Crippen molar-refractivity contribution in [3.8, 4) is 22.8 Å². The lowest BCUT2D eigenvalue weighted by molar-refractivity contribution is 0.0787. The largest absolute Gasteiger partial charge is 0.508 e. The average molecular weight is 335 g/mol. The summed E-state index contributed by atoms with van der Waals surface area (Å²) in [5.41, 5.74) is 3.70. The number of hydrogen-bond acceptors (Lipinski definition) is 4. The van der Waals surface area contributed by atoms with Crippen molar-refractivity contribution < 1.29 is 14.6 Å². The summed E-state index contributed by atoms with van der Waals surface area (Å²) in [5.74, 6) is 0.768. The van der Waals surface area contributed by atoms with E-state index in [0.29, 0.717) is 11.4 Å². The molecule has 1 aliphatic rings. The van der Waals surface area contributed by atoms with Crippen LogP contribution in [0.1, 0.15) is 27.7 Å².